The Kier molecular flexibility index (Phi) is 3.93. The molecule has 0 atom stereocenters. The van der Waals surface area contributed by atoms with Gasteiger partial charge in [-0.3, -0.25) is 9.69 Å². The van der Waals surface area contributed by atoms with Crippen molar-refractivity contribution in [3.8, 4) is 0 Å². The number of likely N-dealkylation sites (N-methyl/N-ethyl adjacent to an activating group) is 1. The number of nitrogens with one attached hydrogen (secondary N) is 1. The van der Waals surface area contributed by atoms with Gasteiger partial charge in [0.05, 0.1) is 25.5 Å². The molecular formula is C16H16ClN2OS+. The van der Waals surface area contributed by atoms with E-state index in [1.165, 1.54) is 0 Å². The number of carbonyl (C=O) groups excluding carboxylic acids is 1. The predicted octanol–water partition coefficient (Wildman–Crippen LogP) is 2.61. The minimum absolute atomic E-state index is 0.0752. The lowest BCUT2D eigenvalue weighted by atomic mass is 10.2. The number of rotatable bonds is 2. The fourth-order valence-electron chi connectivity index (χ4n) is 2.38. The molecule has 21 heavy (non-hydrogen) atoms. The minimum Gasteiger partial charge on any atom is -0.332 e. The summed E-state index contributed by atoms with van der Waals surface area (Å²) in [6, 6.07) is 13.7. The molecule has 0 unspecified atom stereocenters. The number of halogens is 1. The van der Waals surface area contributed by atoms with Gasteiger partial charge in [0.1, 0.15) is 0 Å². The fraction of sp³-hybridized carbons (Fsp3) is 0.188. The monoisotopic (exact) mass is 319 g/mol. The summed E-state index contributed by atoms with van der Waals surface area (Å²) in [6.07, 6.45) is 0. The third-order valence-electron chi connectivity index (χ3n) is 3.24. The highest BCUT2D eigenvalue weighted by atomic mass is 35.5. The molecule has 0 fully saturated rings. The van der Waals surface area contributed by atoms with Crippen molar-refractivity contribution in [3.05, 3.63) is 47.5 Å². The van der Waals surface area contributed by atoms with Gasteiger partial charge in [-0.1, -0.05) is 35.5 Å². The van der Waals surface area contributed by atoms with Gasteiger partial charge in [0.25, 0.3) is 5.91 Å². The lowest BCUT2D eigenvalue weighted by molar-refractivity contribution is -0.849. The number of hydrogen-bond donors (Lipinski definition) is 1. The molecule has 0 radical (unpaired) electrons. The molecule has 0 aliphatic carbocycles. The van der Waals surface area contributed by atoms with E-state index in [4.69, 9.17) is 11.6 Å². The van der Waals surface area contributed by atoms with Gasteiger partial charge in [-0.25, -0.2) is 0 Å². The Balaban J connectivity index is 2.13. The third-order valence-corrected chi connectivity index (χ3v) is 4.61. The highest BCUT2D eigenvalue weighted by molar-refractivity contribution is 7.99. The number of para-hydroxylation sites is 1. The Morgan fingerprint density at radius 2 is 1.86 bits per heavy atom. The van der Waals surface area contributed by atoms with Crippen molar-refractivity contribution < 1.29 is 9.69 Å². The first-order valence-corrected chi connectivity index (χ1v) is 7.94. The number of benzene rings is 2. The van der Waals surface area contributed by atoms with Crippen LogP contribution in [0.4, 0.5) is 11.4 Å². The van der Waals surface area contributed by atoms with Gasteiger partial charge in [-0.05, 0) is 30.3 Å². The molecule has 1 amide bonds. The van der Waals surface area contributed by atoms with Crippen LogP contribution in [0.25, 0.3) is 0 Å². The zero-order chi connectivity index (χ0) is 15.0. The lowest BCUT2D eigenvalue weighted by Gasteiger charge is -2.31. The van der Waals surface area contributed by atoms with E-state index < -0.39 is 0 Å². The molecule has 108 valence electrons. The summed E-state index contributed by atoms with van der Waals surface area (Å²) in [7, 11) is 3.95. The van der Waals surface area contributed by atoms with Crippen LogP contribution in [0, 0.1) is 0 Å². The highest BCUT2D eigenvalue weighted by Gasteiger charge is 2.29. The summed E-state index contributed by atoms with van der Waals surface area (Å²) in [5.41, 5.74) is 1.81. The molecule has 0 saturated heterocycles. The van der Waals surface area contributed by atoms with Crippen molar-refractivity contribution >= 4 is 40.6 Å². The molecule has 3 rings (SSSR count). The first-order valence-electron chi connectivity index (χ1n) is 6.74. The third kappa shape index (κ3) is 2.79. The van der Waals surface area contributed by atoms with E-state index in [2.05, 4.69) is 0 Å². The molecule has 1 N–H and O–H groups in total. The van der Waals surface area contributed by atoms with Gasteiger partial charge in [0.15, 0.2) is 6.54 Å². The number of carbonyl (C=O) groups is 1. The first-order chi connectivity index (χ1) is 10.1. The van der Waals surface area contributed by atoms with Crippen molar-refractivity contribution in [1.29, 1.82) is 0 Å². The van der Waals surface area contributed by atoms with Crippen molar-refractivity contribution in [3.63, 3.8) is 0 Å². The van der Waals surface area contributed by atoms with Gasteiger partial charge in [-0.15, -0.1) is 0 Å². The molecule has 0 spiro atoms. The van der Waals surface area contributed by atoms with Crippen LogP contribution in [0.2, 0.25) is 5.02 Å². The Bertz CT molecular complexity index is 702. The second kappa shape index (κ2) is 5.72. The van der Waals surface area contributed by atoms with Crippen LogP contribution in [-0.2, 0) is 4.79 Å². The average Bonchev–Trinajstić information content (AvgIpc) is 2.44. The Hall–Kier alpha value is -1.49. The molecule has 5 heteroatoms. The van der Waals surface area contributed by atoms with E-state index in [1.807, 2.05) is 56.6 Å². The second-order valence-corrected chi connectivity index (χ2v) is 6.82. The zero-order valence-corrected chi connectivity index (χ0v) is 13.5. The Morgan fingerprint density at radius 1 is 1.14 bits per heavy atom. The highest BCUT2D eigenvalue weighted by Crippen LogP contribution is 2.48. The number of amides is 1. The maximum Gasteiger partial charge on any atom is 0.286 e. The van der Waals surface area contributed by atoms with Crippen molar-refractivity contribution in [2.24, 2.45) is 0 Å². The maximum atomic E-state index is 12.7. The number of hydrogen-bond acceptors (Lipinski definition) is 2. The number of fused-ring (bicyclic) bond motifs is 2. The lowest BCUT2D eigenvalue weighted by Crippen LogP contribution is -3.07. The molecule has 0 aromatic heterocycles. The average molecular weight is 320 g/mol. The molecular weight excluding hydrogens is 304 g/mol. The largest absolute Gasteiger partial charge is 0.332 e. The normalized spacial score (nSPS) is 13.0. The van der Waals surface area contributed by atoms with Crippen LogP contribution in [-0.4, -0.2) is 26.5 Å². The van der Waals surface area contributed by atoms with Crippen LogP contribution >= 0.6 is 23.4 Å². The van der Waals surface area contributed by atoms with Gasteiger partial charge in [0.2, 0.25) is 0 Å². The molecule has 1 heterocycles. The van der Waals surface area contributed by atoms with Crippen molar-refractivity contribution in [1.82, 2.24) is 0 Å². The molecule has 1 aliphatic heterocycles. The molecule has 3 nitrogen and oxygen atoms in total. The molecule has 2 aromatic carbocycles. The van der Waals surface area contributed by atoms with Crippen LogP contribution in [0.15, 0.2) is 52.3 Å². The van der Waals surface area contributed by atoms with Crippen molar-refractivity contribution in [2.45, 2.75) is 9.79 Å². The van der Waals surface area contributed by atoms with Crippen molar-refractivity contribution in [2.75, 3.05) is 25.5 Å². The van der Waals surface area contributed by atoms with E-state index >= 15 is 0 Å². The van der Waals surface area contributed by atoms with E-state index in [1.54, 1.807) is 16.7 Å². The van der Waals surface area contributed by atoms with E-state index in [-0.39, 0.29) is 5.91 Å². The smallest absolute Gasteiger partial charge is 0.286 e. The summed E-state index contributed by atoms with van der Waals surface area (Å²) in [6.45, 7) is 0.435. The van der Waals surface area contributed by atoms with Crippen LogP contribution in [0.1, 0.15) is 0 Å². The SMILES string of the molecule is C[NH+](C)CC(=O)N1c2ccccc2Sc2ccc(Cl)cc21. The van der Waals surface area contributed by atoms with E-state index in [0.29, 0.717) is 11.6 Å². The quantitative estimate of drug-likeness (QED) is 0.920. The topological polar surface area (TPSA) is 24.8 Å². The Morgan fingerprint density at radius 3 is 2.62 bits per heavy atom. The maximum absolute atomic E-state index is 12.7. The standard InChI is InChI=1S/C16H15ClN2OS/c1-18(2)10-16(20)19-12-5-3-4-6-14(12)21-15-8-7-11(17)9-13(15)19/h3-9H,10H2,1-2H3/p+1. The minimum atomic E-state index is 0.0752. The number of anilines is 2. The summed E-state index contributed by atoms with van der Waals surface area (Å²) in [5.74, 6) is 0.0752. The Labute approximate surface area is 133 Å². The fourth-order valence-corrected chi connectivity index (χ4v) is 3.58. The van der Waals surface area contributed by atoms with Crippen LogP contribution in [0.5, 0.6) is 0 Å². The summed E-state index contributed by atoms with van der Waals surface area (Å²) >= 11 is 7.80. The van der Waals surface area contributed by atoms with E-state index in [9.17, 15) is 4.79 Å². The summed E-state index contributed by atoms with van der Waals surface area (Å²) < 4.78 is 0. The van der Waals surface area contributed by atoms with Crippen LogP contribution in [0.3, 0.4) is 0 Å². The van der Waals surface area contributed by atoms with Gasteiger partial charge in [-0.2, -0.15) is 0 Å². The zero-order valence-electron chi connectivity index (χ0n) is 11.9. The molecule has 1 aliphatic rings. The van der Waals surface area contributed by atoms with E-state index in [0.717, 1.165) is 26.1 Å². The van der Waals surface area contributed by atoms with Gasteiger partial charge in [0, 0.05) is 14.8 Å². The van der Waals surface area contributed by atoms with Crippen LogP contribution < -0.4 is 9.80 Å². The van der Waals surface area contributed by atoms with Gasteiger partial charge < -0.3 is 4.90 Å². The molecule has 0 saturated carbocycles. The molecule has 2 aromatic rings. The summed E-state index contributed by atoms with van der Waals surface area (Å²) in [4.78, 5) is 17.7. The number of nitrogens with zero attached hydrogens (tertiary/aromatic N) is 1. The first kappa shape index (κ1) is 14.4. The second-order valence-electron chi connectivity index (χ2n) is 5.29. The van der Waals surface area contributed by atoms with Gasteiger partial charge >= 0.3 is 0 Å². The summed E-state index contributed by atoms with van der Waals surface area (Å²) in [5, 5.41) is 0.642. The predicted molar refractivity (Wildman–Crippen MR) is 86.8 cm³/mol. The number of quaternary nitrogens is 1. The molecule has 0 bridgehead atoms.